The normalized spacial score (nSPS) is 30.0. The van der Waals surface area contributed by atoms with Crippen LogP contribution in [0.1, 0.15) is 0 Å². The van der Waals surface area contributed by atoms with Crippen molar-refractivity contribution in [3.05, 3.63) is 24.3 Å². The van der Waals surface area contributed by atoms with Crippen molar-refractivity contribution in [2.45, 2.75) is 12.2 Å². The molecule has 3 aliphatic rings. The number of nitrogens with one attached hydrogen (secondary N) is 1. The number of carbonyl (C=O) groups excluding carboxylic acids is 2. The summed E-state index contributed by atoms with van der Waals surface area (Å²) in [6, 6.07) is 7.00. The molecule has 4 rings (SSSR count). The lowest BCUT2D eigenvalue weighted by molar-refractivity contribution is -1.07. The van der Waals surface area contributed by atoms with Gasteiger partial charge in [0, 0.05) is 37.9 Å². The molecule has 30 heavy (non-hydrogen) atoms. The van der Waals surface area contributed by atoms with Gasteiger partial charge in [0.1, 0.15) is 18.9 Å². The third-order valence-corrected chi connectivity index (χ3v) is 5.97. The Balaban J connectivity index is 1.58. The lowest BCUT2D eigenvalue weighted by atomic mass is 10.1. The molecule has 1 aromatic rings. The number of rotatable bonds is 4. The summed E-state index contributed by atoms with van der Waals surface area (Å²) in [5.74, 6) is 2.49. The minimum Gasteiger partial charge on any atom is -0.496 e. The van der Waals surface area contributed by atoms with Crippen LogP contribution in [0.4, 0.5) is 10.5 Å². The number of anilines is 1. The number of piperazine rings is 2. The van der Waals surface area contributed by atoms with Gasteiger partial charge >= 0.3 is 5.91 Å². The number of hydrogen-bond acceptors (Lipinski definition) is 8. The van der Waals surface area contributed by atoms with Crippen LogP contribution in [0.25, 0.3) is 0 Å². The van der Waals surface area contributed by atoms with E-state index in [0.29, 0.717) is 24.7 Å². The van der Waals surface area contributed by atoms with Crippen LogP contribution < -0.4 is 20.1 Å². The first-order valence-corrected chi connectivity index (χ1v) is 9.92. The molecular weight excluding hydrogens is 390 g/mol. The van der Waals surface area contributed by atoms with Gasteiger partial charge in [-0.05, 0) is 24.3 Å². The van der Waals surface area contributed by atoms with Gasteiger partial charge in [-0.25, -0.2) is 10.1 Å². The number of hydroxylamine groups is 3. The number of benzene rings is 1. The van der Waals surface area contributed by atoms with Crippen molar-refractivity contribution in [3.8, 4) is 18.1 Å². The fourth-order valence-electron chi connectivity index (χ4n) is 4.44. The summed E-state index contributed by atoms with van der Waals surface area (Å²) in [5.41, 5.74) is 0.598. The summed E-state index contributed by atoms with van der Waals surface area (Å²) in [7, 11) is 0. The molecule has 0 spiro atoms. The van der Waals surface area contributed by atoms with E-state index in [2.05, 4.69) is 16.1 Å². The monoisotopic (exact) mass is 415 g/mol. The van der Waals surface area contributed by atoms with E-state index >= 15 is 0 Å². The van der Waals surface area contributed by atoms with E-state index in [1.807, 2.05) is 0 Å². The number of ether oxygens (including phenoxy) is 1. The highest BCUT2D eigenvalue weighted by atomic mass is 16.6. The molecule has 3 aliphatic heterocycles. The maximum atomic E-state index is 13.4. The zero-order valence-corrected chi connectivity index (χ0v) is 16.6. The molecule has 1 aromatic carbocycles. The highest BCUT2D eigenvalue weighted by Gasteiger charge is 2.56. The van der Waals surface area contributed by atoms with Gasteiger partial charge in [0.25, 0.3) is 12.3 Å². The zero-order valence-electron chi connectivity index (χ0n) is 16.6. The number of carboxylic acid groups (broad SMARTS) is 1. The molecular formula is C20H25N5O5. The maximum absolute atomic E-state index is 13.4. The quantitative estimate of drug-likeness (QED) is 0.346. The van der Waals surface area contributed by atoms with Crippen LogP contribution in [0.2, 0.25) is 0 Å². The summed E-state index contributed by atoms with van der Waals surface area (Å²) >= 11 is 0. The molecule has 3 saturated heterocycles. The van der Waals surface area contributed by atoms with Gasteiger partial charge in [-0.2, -0.15) is 0 Å². The molecule has 0 aromatic heterocycles. The maximum Gasteiger partial charge on any atom is 0.305 e. The minimum atomic E-state index is -1.67. The van der Waals surface area contributed by atoms with Crippen molar-refractivity contribution < 1.29 is 29.3 Å². The fraction of sp³-hybridized carbons (Fsp3) is 0.500. The zero-order chi connectivity index (χ0) is 21.3. The van der Waals surface area contributed by atoms with Crippen LogP contribution in [-0.4, -0.2) is 96.4 Å². The molecule has 10 heteroatoms. The van der Waals surface area contributed by atoms with Gasteiger partial charge in [0.15, 0.2) is 0 Å². The molecule has 0 aliphatic carbocycles. The SMILES string of the molecule is C#CCOc1ccc(N2CC[N@@+](O)(C(=O)[O-])C(N3CC4CNCCN4C3)C2=O)cc1. The highest BCUT2D eigenvalue weighted by Crippen LogP contribution is 2.30. The standard InChI is InChI=1S/C20H25N5O5/c1-2-11-30-17-5-3-15(4-6-17)24-9-10-25(29,20(27)28)18(19(24)26)23-13-16-12-21-7-8-22(16)14-23/h1,3-6,16,18,21,29H,7-14H2/t16?,18?,25-/m0/s1. The number of hydrogen-bond donors (Lipinski definition) is 2. The Morgan fingerprint density at radius 1 is 1.33 bits per heavy atom. The Hall–Kier alpha value is -2.68. The van der Waals surface area contributed by atoms with Gasteiger partial charge in [-0.3, -0.25) is 9.69 Å². The summed E-state index contributed by atoms with van der Waals surface area (Å²) in [6.07, 6.45) is 2.25. The van der Waals surface area contributed by atoms with E-state index in [1.165, 1.54) is 4.90 Å². The van der Waals surface area contributed by atoms with Crippen LogP contribution >= 0.6 is 0 Å². The number of quaternary nitrogens is 1. The molecule has 3 atom stereocenters. The second-order valence-electron chi connectivity index (χ2n) is 7.75. The number of fused-ring (bicyclic) bond motifs is 1. The Labute approximate surface area is 174 Å². The van der Waals surface area contributed by atoms with Gasteiger partial charge in [0.2, 0.25) is 0 Å². The van der Waals surface area contributed by atoms with Crippen LogP contribution in [-0.2, 0) is 4.79 Å². The molecule has 2 unspecified atom stereocenters. The van der Waals surface area contributed by atoms with Gasteiger partial charge in [0.05, 0.1) is 13.2 Å². The highest BCUT2D eigenvalue weighted by molar-refractivity contribution is 5.97. The number of nitrogens with zero attached hydrogens (tertiary/aromatic N) is 4. The van der Waals surface area contributed by atoms with Crippen LogP contribution in [0, 0.1) is 12.3 Å². The molecule has 10 nitrogen and oxygen atoms in total. The third kappa shape index (κ3) is 3.62. The fourth-order valence-corrected chi connectivity index (χ4v) is 4.44. The third-order valence-electron chi connectivity index (χ3n) is 5.97. The van der Waals surface area contributed by atoms with E-state index in [4.69, 9.17) is 11.2 Å². The predicted molar refractivity (Wildman–Crippen MR) is 104 cm³/mol. The summed E-state index contributed by atoms with van der Waals surface area (Å²) in [5, 5.41) is 26.0. The first-order chi connectivity index (χ1) is 14.4. The molecule has 2 N–H and O–H groups in total. The lowest BCUT2D eigenvalue weighted by Crippen LogP contribution is -2.76. The van der Waals surface area contributed by atoms with E-state index in [1.54, 1.807) is 29.2 Å². The van der Waals surface area contributed by atoms with Gasteiger partial charge in [-0.1, -0.05) is 5.92 Å². The van der Waals surface area contributed by atoms with E-state index < -0.39 is 22.8 Å². The van der Waals surface area contributed by atoms with Crippen molar-refractivity contribution in [1.29, 1.82) is 0 Å². The molecule has 3 heterocycles. The number of terminal acetylenes is 1. The van der Waals surface area contributed by atoms with Gasteiger partial charge in [-0.15, -0.1) is 11.1 Å². The van der Waals surface area contributed by atoms with Crippen molar-refractivity contribution >= 4 is 17.7 Å². The second-order valence-corrected chi connectivity index (χ2v) is 7.75. The smallest absolute Gasteiger partial charge is 0.305 e. The van der Waals surface area contributed by atoms with Gasteiger partial charge < -0.3 is 24.9 Å². The summed E-state index contributed by atoms with van der Waals surface area (Å²) in [4.78, 5) is 30.7. The van der Waals surface area contributed by atoms with Crippen molar-refractivity contribution in [3.63, 3.8) is 0 Å². The molecule has 3 fully saturated rings. The van der Waals surface area contributed by atoms with E-state index in [-0.39, 0.29) is 25.7 Å². The van der Waals surface area contributed by atoms with Crippen LogP contribution in [0.5, 0.6) is 5.75 Å². The number of amides is 2. The van der Waals surface area contributed by atoms with Crippen molar-refractivity contribution in [1.82, 2.24) is 15.1 Å². The van der Waals surface area contributed by atoms with Crippen LogP contribution in [0.3, 0.4) is 0 Å². The molecule has 160 valence electrons. The molecule has 2 amide bonds. The summed E-state index contributed by atoms with van der Waals surface area (Å²) in [6.45, 7) is 3.33. The first-order valence-electron chi connectivity index (χ1n) is 9.92. The minimum absolute atomic E-state index is 0.0485. The Kier molecular flexibility index (Phi) is 5.64. The molecule has 0 radical (unpaired) electrons. The largest absolute Gasteiger partial charge is 0.496 e. The average Bonchev–Trinajstić information content (AvgIpc) is 3.16. The number of carbonyl (C=O) groups is 2. The molecule has 0 bridgehead atoms. The average molecular weight is 415 g/mol. The lowest BCUT2D eigenvalue weighted by Gasteiger charge is -2.45. The predicted octanol–water partition coefficient (Wildman–Crippen LogP) is -1.53. The summed E-state index contributed by atoms with van der Waals surface area (Å²) < 4.78 is 3.92. The Bertz CT molecular complexity index is 842. The Morgan fingerprint density at radius 3 is 2.77 bits per heavy atom. The molecule has 0 saturated carbocycles. The second kappa shape index (κ2) is 8.22. The van der Waals surface area contributed by atoms with E-state index in [9.17, 15) is 19.9 Å². The Morgan fingerprint density at radius 2 is 2.10 bits per heavy atom. The van der Waals surface area contributed by atoms with E-state index in [0.717, 1.165) is 19.6 Å². The van der Waals surface area contributed by atoms with Crippen LogP contribution in [0.15, 0.2) is 24.3 Å². The van der Waals surface area contributed by atoms with Crippen molar-refractivity contribution in [2.75, 3.05) is 57.4 Å². The first kappa shape index (κ1) is 20.6. The van der Waals surface area contributed by atoms with Crippen molar-refractivity contribution in [2.24, 2.45) is 0 Å². The topological polar surface area (TPSA) is 108 Å².